The molecule has 134 valence electrons. The Bertz CT molecular complexity index is 794. The summed E-state index contributed by atoms with van der Waals surface area (Å²) < 4.78 is 37.5. The molecule has 1 aliphatic rings. The highest BCUT2D eigenvalue weighted by Gasteiger charge is 2.18. The lowest BCUT2D eigenvalue weighted by Gasteiger charge is -2.11. The molecule has 1 unspecified atom stereocenters. The van der Waals surface area contributed by atoms with Crippen LogP contribution in [0.1, 0.15) is 29.0 Å². The molecule has 2 aromatic rings. The molecule has 2 heterocycles. The molecule has 0 spiro atoms. The molecule has 1 fully saturated rings. The molecular weight excluding hydrogens is 344 g/mol. The molecule has 0 aliphatic carbocycles. The van der Waals surface area contributed by atoms with Crippen LogP contribution in [0.3, 0.4) is 0 Å². The van der Waals surface area contributed by atoms with Gasteiger partial charge in [0.25, 0.3) is 5.91 Å². The number of amides is 1. The Morgan fingerprint density at radius 2 is 2.00 bits per heavy atom. The first-order valence-electron chi connectivity index (χ1n) is 8.06. The molecule has 1 aliphatic heterocycles. The fourth-order valence-electron chi connectivity index (χ4n) is 2.56. The third-order valence-electron chi connectivity index (χ3n) is 3.96. The predicted octanol–water partition coefficient (Wildman–Crippen LogP) is 1.67. The highest BCUT2D eigenvalue weighted by molar-refractivity contribution is 7.89. The maximum Gasteiger partial charge on any atom is 0.251 e. The van der Waals surface area contributed by atoms with Crippen molar-refractivity contribution in [1.29, 1.82) is 0 Å². The maximum absolute atomic E-state index is 12.2. The Balaban J connectivity index is 1.57. The second-order valence-corrected chi connectivity index (χ2v) is 7.54. The van der Waals surface area contributed by atoms with Crippen molar-refractivity contribution in [3.05, 3.63) is 54.0 Å². The summed E-state index contributed by atoms with van der Waals surface area (Å²) in [6, 6.07) is 9.17. The summed E-state index contributed by atoms with van der Waals surface area (Å²) in [7, 11) is -3.67. The van der Waals surface area contributed by atoms with Gasteiger partial charge in [-0.1, -0.05) is 0 Å². The molecule has 0 radical (unpaired) electrons. The van der Waals surface area contributed by atoms with Gasteiger partial charge < -0.3 is 14.5 Å². The van der Waals surface area contributed by atoms with Crippen LogP contribution in [-0.4, -0.2) is 33.6 Å². The van der Waals surface area contributed by atoms with Crippen LogP contribution in [0.5, 0.6) is 0 Å². The second kappa shape index (κ2) is 7.81. The van der Waals surface area contributed by atoms with E-state index in [1.165, 1.54) is 30.5 Å². The van der Waals surface area contributed by atoms with E-state index in [2.05, 4.69) is 10.0 Å². The van der Waals surface area contributed by atoms with Crippen molar-refractivity contribution in [3.8, 4) is 0 Å². The van der Waals surface area contributed by atoms with Gasteiger partial charge in [-0.05, 0) is 49.2 Å². The lowest BCUT2D eigenvalue weighted by Crippen LogP contribution is -2.31. The lowest BCUT2D eigenvalue weighted by molar-refractivity contribution is 0.0857. The van der Waals surface area contributed by atoms with Gasteiger partial charge in [-0.15, -0.1) is 0 Å². The smallest absolute Gasteiger partial charge is 0.251 e. The molecule has 1 aromatic carbocycles. The van der Waals surface area contributed by atoms with Crippen molar-refractivity contribution in [2.75, 3.05) is 13.2 Å². The van der Waals surface area contributed by atoms with E-state index in [4.69, 9.17) is 9.15 Å². The predicted molar refractivity (Wildman–Crippen MR) is 90.5 cm³/mol. The molecule has 3 rings (SSSR count). The summed E-state index contributed by atoms with van der Waals surface area (Å²) in [4.78, 5) is 12.2. The standard InChI is InChI=1S/C17H20N2O5S/c20-17(18-11-14-3-1-9-23-14)13-5-7-16(8-6-13)25(21,22)19-12-15-4-2-10-24-15/h2,4-8,10,14,19H,1,3,9,11-12H2,(H,18,20). The van der Waals surface area contributed by atoms with Crippen molar-refractivity contribution in [2.45, 2.75) is 30.4 Å². The van der Waals surface area contributed by atoms with Crippen LogP contribution in [0, 0.1) is 0 Å². The number of carbonyl (C=O) groups is 1. The third-order valence-corrected chi connectivity index (χ3v) is 5.37. The molecule has 1 atom stereocenters. The second-order valence-electron chi connectivity index (χ2n) is 5.77. The van der Waals surface area contributed by atoms with Crippen molar-refractivity contribution < 1.29 is 22.4 Å². The molecule has 7 nitrogen and oxygen atoms in total. The van der Waals surface area contributed by atoms with Crippen LogP contribution in [0.2, 0.25) is 0 Å². The summed E-state index contributed by atoms with van der Waals surface area (Å²) in [5, 5.41) is 2.80. The van der Waals surface area contributed by atoms with Gasteiger partial charge in [0.05, 0.1) is 23.8 Å². The Kier molecular flexibility index (Phi) is 5.52. The Labute approximate surface area is 146 Å². The number of hydrogen-bond acceptors (Lipinski definition) is 5. The van der Waals surface area contributed by atoms with E-state index in [1.807, 2.05) is 0 Å². The average Bonchev–Trinajstić information content (AvgIpc) is 3.31. The van der Waals surface area contributed by atoms with E-state index in [0.717, 1.165) is 19.4 Å². The number of nitrogens with one attached hydrogen (secondary N) is 2. The monoisotopic (exact) mass is 364 g/mol. The molecule has 0 bridgehead atoms. The summed E-state index contributed by atoms with van der Waals surface area (Å²) >= 11 is 0. The van der Waals surface area contributed by atoms with Crippen LogP contribution in [0.4, 0.5) is 0 Å². The topological polar surface area (TPSA) is 97.6 Å². The van der Waals surface area contributed by atoms with Gasteiger partial charge in [0.15, 0.2) is 0 Å². The number of hydrogen-bond donors (Lipinski definition) is 2. The molecule has 8 heteroatoms. The van der Waals surface area contributed by atoms with Crippen molar-refractivity contribution in [1.82, 2.24) is 10.0 Å². The van der Waals surface area contributed by atoms with Crippen molar-refractivity contribution in [3.63, 3.8) is 0 Å². The maximum atomic E-state index is 12.2. The first kappa shape index (κ1) is 17.7. The first-order valence-corrected chi connectivity index (χ1v) is 9.55. The zero-order valence-electron chi connectivity index (χ0n) is 13.6. The zero-order valence-corrected chi connectivity index (χ0v) is 14.4. The van der Waals surface area contributed by atoms with Gasteiger partial charge in [-0.25, -0.2) is 13.1 Å². The van der Waals surface area contributed by atoms with E-state index < -0.39 is 10.0 Å². The highest BCUT2D eigenvalue weighted by atomic mass is 32.2. The molecular formula is C17H20N2O5S. The van der Waals surface area contributed by atoms with E-state index in [1.54, 1.807) is 12.1 Å². The van der Waals surface area contributed by atoms with Crippen molar-refractivity contribution in [2.24, 2.45) is 0 Å². The minimum atomic E-state index is -3.67. The fourth-order valence-corrected chi connectivity index (χ4v) is 3.56. The van der Waals surface area contributed by atoms with Gasteiger partial charge in [0.1, 0.15) is 5.76 Å². The van der Waals surface area contributed by atoms with Gasteiger partial charge in [-0.3, -0.25) is 4.79 Å². The summed E-state index contributed by atoms with van der Waals surface area (Å²) in [6.07, 6.45) is 3.50. The molecule has 1 saturated heterocycles. The van der Waals surface area contributed by atoms with E-state index in [9.17, 15) is 13.2 Å². The van der Waals surface area contributed by atoms with Crippen LogP contribution < -0.4 is 10.0 Å². The average molecular weight is 364 g/mol. The minimum Gasteiger partial charge on any atom is -0.468 e. The van der Waals surface area contributed by atoms with Crippen LogP contribution in [0.15, 0.2) is 52.0 Å². The summed E-state index contributed by atoms with van der Waals surface area (Å²) in [6.45, 7) is 1.26. The molecule has 25 heavy (non-hydrogen) atoms. The normalized spacial score (nSPS) is 17.5. The SMILES string of the molecule is O=C(NCC1CCCO1)c1ccc(S(=O)(=O)NCc2ccco2)cc1. The van der Waals surface area contributed by atoms with E-state index in [0.29, 0.717) is 17.9 Å². The Morgan fingerprint density at radius 1 is 1.20 bits per heavy atom. The summed E-state index contributed by atoms with van der Waals surface area (Å²) in [5.74, 6) is 0.275. The van der Waals surface area contributed by atoms with Gasteiger partial charge in [-0.2, -0.15) is 0 Å². The largest absolute Gasteiger partial charge is 0.468 e. The van der Waals surface area contributed by atoms with Gasteiger partial charge in [0.2, 0.25) is 10.0 Å². The van der Waals surface area contributed by atoms with Crippen LogP contribution in [-0.2, 0) is 21.3 Å². The number of rotatable bonds is 7. The van der Waals surface area contributed by atoms with Gasteiger partial charge >= 0.3 is 0 Å². The number of furan rings is 1. The Hall–Kier alpha value is -2.16. The van der Waals surface area contributed by atoms with Crippen LogP contribution >= 0.6 is 0 Å². The number of ether oxygens (including phenoxy) is 1. The van der Waals surface area contributed by atoms with E-state index >= 15 is 0 Å². The van der Waals surface area contributed by atoms with Gasteiger partial charge in [0, 0.05) is 18.7 Å². The fraction of sp³-hybridized carbons (Fsp3) is 0.353. The van der Waals surface area contributed by atoms with E-state index in [-0.39, 0.29) is 23.5 Å². The molecule has 0 saturated carbocycles. The zero-order chi connectivity index (χ0) is 17.7. The highest BCUT2D eigenvalue weighted by Crippen LogP contribution is 2.13. The quantitative estimate of drug-likeness (QED) is 0.779. The van der Waals surface area contributed by atoms with Crippen LogP contribution in [0.25, 0.3) is 0 Å². The summed E-state index contributed by atoms with van der Waals surface area (Å²) in [5.41, 5.74) is 0.406. The number of sulfonamides is 1. The lowest BCUT2D eigenvalue weighted by atomic mass is 10.2. The minimum absolute atomic E-state index is 0.0643. The Morgan fingerprint density at radius 3 is 2.64 bits per heavy atom. The number of benzene rings is 1. The molecule has 2 N–H and O–H groups in total. The molecule has 1 aromatic heterocycles. The molecule has 1 amide bonds. The first-order chi connectivity index (χ1) is 12.0. The number of carbonyl (C=O) groups excluding carboxylic acids is 1. The van der Waals surface area contributed by atoms with Crippen molar-refractivity contribution >= 4 is 15.9 Å². The third kappa shape index (κ3) is 4.68.